The van der Waals surface area contributed by atoms with Crippen LogP contribution < -0.4 is 10.6 Å². The van der Waals surface area contributed by atoms with Crippen LogP contribution in [-0.4, -0.2) is 50.2 Å². The lowest BCUT2D eigenvalue weighted by Gasteiger charge is -2.27. The molecule has 0 bridgehead atoms. The summed E-state index contributed by atoms with van der Waals surface area (Å²) in [6.45, 7) is 15.9. The Morgan fingerprint density at radius 3 is 2.55 bits per heavy atom. The van der Waals surface area contributed by atoms with Crippen molar-refractivity contribution in [1.29, 1.82) is 0 Å². The van der Waals surface area contributed by atoms with Gasteiger partial charge in [0.2, 0.25) is 0 Å². The van der Waals surface area contributed by atoms with Crippen molar-refractivity contribution in [2.45, 2.75) is 59.4 Å². The number of hydrogen-bond acceptors (Lipinski definition) is 3. The van der Waals surface area contributed by atoms with Gasteiger partial charge in [0.15, 0.2) is 0 Å². The highest BCUT2D eigenvalue weighted by molar-refractivity contribution is 5.02. The van der Waals surface area contributed by atoms with Crippen LogP contribution in [-0.2, 0) is 0 Å². The lowest BCUT2D eigenvalue weighted by atomic mass is 10.1. The maximum atomic E-state index is 3.66. The Balaban J connectivity index is 2.04. The fourth-order valence-electron chi connectivity index (χ4n) is 2.78. The summed E-state index contributed by atoms with van der Waals surface area (Å²) in [5.74, 6) is 0. The van der Waals surface area contributed by atoms with E-state index in [2.05, 4.69) is 55.4 Å². The summed E-state index contributed by atoms with van der Waals surface area (Å²) in [5, 5.41) is 7.06. The summed E-state index contributed by atoms with van der Waals surface area (Å²) in [7, 11) is 0. The van der Waals surface area contributed by atoms with E-state index in [1.807, 2.05) is 0 Å². The van der Waals surface area contributed by atoms with Crippen molar-refractivity contribution in [3.8, 4) is 0 Å². The van der Waals surface area contributed by atoms with Gasteiger partial charge >= 0.3 is 0 Å². The van der Waals surface area contributed by atoms with E-state index >= 15 is 0 Å². The van der Waals surface area contributed by atoms with Gasteiger partial charge in [-0.2, -0.15) is 0 Å². The van der Waals surface area contributed by atoms with Gasteiger partial charge in [0, 0.05) is 45.3 Å². The highest BCUT2D eigenvalue weighted by Crippen LogP contribution is 2.09. The molecule has 0 unspecified atom stereocenters. The normalized spacial score (nSPS) is 18.3. The molecule has 0 radical (unpaired) electrons. The van der Waals surface area contributed by atoms with Gasteiger partial charge < -0.3 is 10.6 Å². The van der Waals surface area contributed by atoms with Gasteiger partial charge in [-0.1, -0.05) is 23.3 Å². The van der Waals surface area contributed by atoms with Crippen LogP contribution in [0.15, 0.2) is 23.3 Å². The Labute approximate surface area is 138 Å². The number of hydrogen-bond donors (Lipinski definition) is 2. The lowest BCUT2D eigenvalue weighted by molar-refractivity contribution is 0.238. The van der Waals surface area contributed by atoms with E-state index in [9.17, 15) is 0 Å². The zero-order valence-corrected chi connectivity index (χ0v) is 15.3. The standard InChI is InChI=1S/C19H37N3/c1-17(2)7-5-8-18(3)9-6-10-19(4)21-13-16-22-14-11-20-12-15-22/h7,9,19-21H,5-6,8,10-16H2,1-4H3/b18-9-/t19-/m1/s1. The molecule has 22 heavy (non-hydrogen) atoms. The minimum atomic E-state index is 0.616. The molecule has 0 aromatic carbocycles. The summed E-state index contributed by atoms with van der Waals surface area (Å²) in [4.78, 5) is 2.55. The first-order valence-corrected chi connectivity index (χ1v) is 9.03. The van der Waals surface area contributed by atoms with E-state index in [0.717, 1.165) is 19.6 Å². The Hall–Kier alpha value is -0.640. The molecule has 1 heterocycles. The average Bonchev–Trinajstić information content (AvgIpc) is 2.48. The van der Waals surface area contributed by atoms with Gasteiger partial charge in [0.25, 0.3) is 0 Å². The Kier molecular flexibility index (Phi) is 10.5. The number of allylic oxidation sites excluding steroid dienone is 4. The predicted octanol–water partition coefficient (Wildman–Crippen LogP) is 3.34. The molecule has 128 valence electrons. The molecule has 1 saturated heterocycles. The van der Waals surface area contributed by atoms with Crippen LogP contribution in [0.4, 0.5) is 0 Å². The highest BCUT2D eigenvalue weighted by Gasteiger charge is 2.09. The first kappa shape index (κ1) is 19.4. The molecule has 0 aromatic rings. The fraction of sp³-hybridized carbons (Fsp3) is 0.789. The first-order valence-electron chi connectivity index (χ1n) is 9.03. The summed E-state index contributed by atoms with van der Waals surface area (Å²) >= 11 is 0. The predicted molar refractivity (Wildman–Crippen MR) is 98.4 cm³/mol. The van der Waals surface area contributed by atoms with Gasteiger partial charge in [-0.25, -0.2) is 0 Å². The maximum absolute atomic E-state index is 3.66. The van der Waals surface area contributed by atoms with Crippen LogP contribution in [0.2, 0.25) is 0 Å². The van der Waals surface area contributed by atoms with Gasteiger partial charge in [-0.15, -0.1) is 0 Å². The molecule has 1 fully saturated rings. The SMILES string of the molecule is CC(C)=CCC/C(C)=C\CC[C@@H](C)NCCN1CCNCC1. The van der Waals surface area contributed by atoms with Crippen molar-refractivity contribution in [2.24, 2.45) is 0 Å². The van der Waals surface area contributed by atoms with E-state index in [-0.39, 0.29) is 0 Å². The van der Waals surface area contributed by atoms with Crippen molar-refractivity contribution >= 4 is 0 Å². The smallest absolute Gasteiger partial charge is 0.0108 e. The molecule has 2 N–H and O–H groups in total. The first-order chi connectivity index (χ1) is 10.6. The molecular weight excluding hydrogens is 270 g/mol. The van der Waals surface area contributed by atoms with E-state index in [0.29, 0.717) is 6.04 Å². The second-order valence-corrected chi connectivity index (χ2v) is 6.89. The molecule has 0 saturated carbocycles. The van der Waals surface area contributed by atoms with E-state index in [1.54, 1.807) is 0 Å². The van der Waals surface area contributed by atoms with Crippen molar-refractivity contribution in [2.75, 3.05) is 39.3 Å². The van der Waals surface area contributed by atoms with Crippen LogP contribution >= 0.6 is 0 Å². The Bertz CT molecular complexity index is 337. The Morgan fingerprint density at radius 1 is 1.14 bits per heavy atom. The number of piperazine rings is 1. The van der Waals surface area contributed by atoms with E-state index in [1.165, 1.54) is 56.5 Å². The molecular formula is C19H37N3. The zero-order chi connectivity index (χ0) is 16.2. The molecule has 3 nitrogen and oxygen atoms in total. The van der Waals surface area contributed by atoms with Gasteiger partial charge in [-0.05, 0) is 53.4 Å². The number of nitrogens with one attached hydrogen (secondary N) is 2. The molecule has 0 aromatic heterocycles. The molecule has 0 amide bonds. The summed E-state index contributed by atoms with van der Waals surface area (Å²) in [6.07, 6.45) is 9.58. The molecule has 0 spiro atoms. The number of nitrogens with zero attached hydrogens (tertiary/aromatic N) is 1. The fourth-order valence-corrected chi connectivity index (χ4v) is 2.78. The molecule has 1 aliphatic heterocycles. The van der Waals surface area contributed by atoms with Crippen molar-refractivity contribution < 1.29 is 0 Å². The quantitative estimate of drug-likeness (QED) is 0.606. The summed E-state index contributed by atoms with van der Waals surface area (Å²) in [5.41, 5.74) is 2.96. The van der Waals surface area contributed by atoms with Gasteiger partial charge in [0.1, 0.15) is 0 Å². The molecule has 0 aliphatic carbocycles. The number of rotatable bonds is 10. The summed E-state index contributed by atoms with van der Waals surface area (Å²) in [6, 6.07) is 0.616. The third-order valence-electron chi connectivity index (χ3n) is 4.31. The minimum absolute atomic E-state index is 0.616. The third kappa shape index (κ3) is 10.1. The highest BCUT2D eigenvalue weighted by atomic mass is 15.2. The van der Waals surface area contributed by atoms with Crippen molar-refractivity contribution in [3.63, 3.8) is 0 Å². The molecule has 3 heteroatoms. The second-order valence-electron chi connectivity index (χ2n) is 6.89. The van der Waals surface area contributed by atoms with Crippen LogP contribution in [0.25, 0.3) is 0 Å². The molecule has 1 atom stereocenters. The van der Waals surface area contributed by atoms with Gasteiger partial charge in [-0.3, -0.25) is 4.90 Å². The zero-order valence-electron chi connectivity index (χ0n) is 15.3. The van der Waals surface area contributed by atoms with Crippen LogP contribution in [0, 0.1) is 0 Å². The Morgan fingerprint density at radius 2 is 1.86 bits per heavy atom. The molecule has 1 aliphatic rings. The maximum Gasteiger partial charge on any atom is 0.0108 e. The molecule has 1 rings (SSSR count). The second kappa shape index (κ2) is 11.9. The van der Waals surface area contributed by atoms with Crippen LogP contribution in [0.1, 0.15) is 53.4 Å². The topological polar surface area (TPSA) is 27.3 Å². The van der Waals surface area contributed by atoms with Crippen molar-refractivity contribution in [3.05, 3.63) is 23.3 Å². The van der Waals surface area contributed by atoms with Crippen molar-refractivity contribution in [1.82, 2.24) is 15.5 Å². The minimum Gasteiger partial charge on any atom is -0.314 e. The van der Waals surface area contributed by atoms with Gasteiger partial charge in [0.05, 0.1) is 0 Å². The van der Waals surface area contributed by atoms with E-state index in [4.69, 9.17) is 0 Å². The van der Waals surface area contributed by atoms with Crippen LogP contribution in [0.5, 0.6) is 0 Å². The monoisotopic (exact) mass is 307 g/mol. The third-order valence-corrected chi connectivity index (χ3v) is 4.31. The lowest BCUT2D eigenvalue weighted by Crippen LogP contribution is -2.46. The summed E-state index contributed by atoms with van der Waals surface area (Å²) < 4.78 is 0. The largest absolute Gasteiger partial charge is 0.314 e. The van der Waals surface area contributed by atoms with Crippen LogP contribution in [0.3, 0.4) is 0 Å². The van der Waals surface area contributed by atoms with E-state index < -0.39 is 0 Å². The average molecular weight is 308 g/mol.